The summed E-state index contributed by atoms with van der Waals surface area (Å²) >= 11 is 0. The number of hydrogen-bond donors (Lipinski definition) is 3. The predicted molar refractivity (Wildman–Crippen MR) is 66.3 cm³/mol. The van der Waals surface area contributed by atoms with Crippen LogP contribution < -0.4 is 10.1 Å². The second-order valence-electron chi connectivity index (χ2n) is 4.20. The smallest absolute Gasteiger partial charge is 0.226 e. The summed E-state index contributed by atoms with van der Waals surface area (Å²) in [6.45, 7) is 3.19. The summed E-state index contributed by atoms with van der Waals surface area (Å²) in [5.74, 6) is 0.194. The Kier molecular flexibility index (Phi) is 5.54. The molecule has 1 amide bonds. The minimum Gasteiger partial charge on any atom is -0.489 e. The van der Waals surface area contributed by atoms with Gasteiger partial charge in [-0.3, -0.25) is 9.78 Å². The van der Waals surface area contributed by atoms with Crippen molar-refractivity contribution in [2.45, 2.75) is 20.0 Å². The summed E-state index contributed by atoms with van der Waals surface area (Å²) in [5, 5.41) is 20.5. The third-order valence-corrected chi connectivity index (χ3v) is 2.16. The molecule has 0 bridgehead atoms. The molecule has 18 heavy (non-hydrogen) atoms. The van der Waals surface area contributed by atoms with Gasteiger partial charge in [0.2, 0.25) is 5.91 Å². The number of anilines is 1. The monoisotopic (exact) mass is 254 g/mol. The van der Waals surface area contributed by atoms with E-state index < -0.39 is 6.10 Å². The molecule has 0 aromatic carbocycles. The largest absolute Gasteiger partial charge is 0.489 e. The highest BCUT2D eigenvalue weighted by Crippen LogP contribution is 2.16. The van der Waals surface area contributed by atoms with Gasteiger partial charge in [0.25, 0.3) is 0 Å². The predicted octanol–water partition coefficient (Wildman–Crippen LogP) is 0.408. The number of aliphatic hydroxyl groups is 2. The van der Waals surface area contributed by atoms with Crippen LogP contribution in [-0.2, 0) is 4.79 Å². The van der Waals surface area contributed by atoms with Crippen molar-refractivity contribution < 1.29 is 19.7 Å². The first-order chi connectivity index (χ1) is 8.52. The van der Waals surface area contributed by atoms with Gasteiger partial charge >= 0.3 is 0 Å². The summed E-state index contributed by atoms with van der Waals surface area (Å²) in [5.41, 5.74) is 0.532. The highest BCUT2D eigenvalue weighted by molar-refractivity contribution is 5.92. The van der Waals surface area contributed by atoms with E-state index in [0.29, 0.717) is 11.4 Å². The number of aromatic nitrogens is 1. The summed E-state index contributed by atoms with van der Waals surface area (Å²) in [6.07, 6.45) is 2.05. The number of nitrogens with zero attached hydrogens (tertiary/aromatic N) is 1. The topological polar surface area (TPSA) is 91.7 Å². The van der Waals surface area contributed by atoms with Crippen molar-refractivity contribution >= 4 is 11.6 Å². The molecule has 0 unspecified atom stereocenters. The standard InChI is InChI=1S/C12H18N2O4/c1-8(2)12(17)14-9-3-11(5-13-4-9)18-7-10(16)6-15/h3-5,8,10,15-16H,6-7H2,1-2H3,(H,14,17)/t10-/m0/s1. The van der Waals surface area contributed by atoms with E-state index in [1.54, 1.807) is 19.9 Å². The van der Waals surface area contributed by atoms with E-state index in [9.17, 15) is 4.79 Å². The molecule has 6 heteroatoms. The highest BCUT2D eigenvalue weighted by atomic mass is 16.5. The number of hydrogen-bond acceptors (Lipinski definition) is 5. The lowest BCUT2D eigenvalue weighted by atomic mass is 10.2. The Labute approximate surface area is 106 Å². The molecule has 0 saturated heterocycles. The fraction of sp³-hybridized carbons (Fsp3) is 0.500. The van der Waals surface area contributed by atoms with Crippen LogP contribution >= 0.6 is 0 Å². The van der Waals surface area contributed by atoms with Crippen molar-refractivity contribution in [3.63, 3.8) is 0 Å². The van der Waals surface area contributed by atoms with Crippen LogP contribution in [-0.4, -0.2) is 40.4 Å². The summed E-state index contributed by atoms with van der Waals surface area (Å²) in [6, 6.07) is 1.61. The Morgan fingerprint density at radius 1 is 1.50 bits per heavy atom. The van der Waals surface area contributed by atoms with Gasteiger partial charge in [0, 0.05) is 12.0 Å². The number of nitrogens with one attached hydrogen (secondary N) is 1. The van der Waals surface area contributed by atoms with E-state index in [4.69, 9.17) is 14.9 Å². The molecule has 0 fully saturated rings. The summed E-state index contributed by atoms with van der Waals surface area (Å²) in [7, 11) is 0. The Balaban J connectivity index is 2.59. The number of amides is 1. The van der Waals surface area contributed by atoms with E-state index in [-0.39, 0.29) is 25.0 Å². The first-order valence-electron chi connectivity index (χ1n) is 5.70. The fourth-order valence-electron chi connectivity index (χ4n) is 1.10. The molecule has 1 heterocycles. The number of aliphatic hydroxyl groups excluding tert-OH is 2. The molecule has 0 aliphatic carbocycles. The van der Waals surface area contributed by atoms with E-state index >= 15 is 0 Å². The molecular formula is C12H18N2O4. The van der Waals surface area contributed by atoms with Crippen molar-refractivity contribution in [1.29, 1.82) is 0 Å². The molecule has 0 aliphatic rings. The number of carbonyl (C=O) groups excluding carboxylic acids is 1. The van der Waals surface area contributed by atoms with Gasteiger partial charge < -0.3 is 20.3 Å². The quantitative estimate of drug-likeness (QED) is 0.684. The van der Waals surface area contributed by atoms with Gasteiger partial charge in [-0.15, -0.1) is 0 Å². The number of pyridine rings is 1. The van der Waals surface area contributed by atoms with Crippen LogP contribution in [0.15, 0.2) is 18.5 Å². The van der Waals surface area contributed by atoms with Gasteiger partial charge in [-0.05, 0) is 0 Å². The van der Waals surface area contributed by atoms with E-state index in [2.05, 4.69) is 10.3 Å². The normalized spacial score (nSPS) is 12.3. The van der Waals surface area contributed by atoms with Crippen molar-refractivity contribution in [2.75, 3.05) is 18.5 Å². The Hall–Kier alpha value is -1.66. The first kappa shape index (κ1) is 14.4. The number of ether oxygens (including phenoxy) is 1. The molecule has 6 nitrogen and oxygen atoms in total. The molecule has 0 spiro atoms. The Bertz CT molecular complexity index is 395. The van der Waals surface area contributed by atoms with Crippen LogP contribution in [0, 0.1) is 5.92 Å². The molecule has 1 aromatic rings. The third-order valence-electron chi connectivity index (χ3n) is 2.16. The molecule has 1 aromatic heterocycles. The summed E-state index contributed by atoms with van der Waals surface area (Å²) in [4.78, 5) is 15.4. The van der Waals surface area contributed by atoms with Crippen LogP contribution in [0.2, 0.25) is 0 Å². The van der Waals surface area contributed by atoms with Gasteiger partial charge in [0.15, 0.2) is 0 Å². The van der Waals surface area contributed by atoms with E-state index in [1.807, 2.05) is 0 Å². The molecule has 0 radical (unpaired) electrons. The van der Waals surface area contributed by atoms with Crippen molar-refractivity contribution in [3.05, 3.63) is 18.5 Å². The van der Waals surface area contributed by atoms with Gasteiger partial charge in [0.1, 0.15) is 18.5 Å². The molecule has 0 saturated carbocycles. The zero-order valence-electron chi connectivity index (χ0n) is 10.5. The van der Waals surface area contributed by atoms with Crippen LogP contribution in [0.4, 0.5) is 5.69 Å². The maximum Gasteiger partial charge on any atom is 0.226 e. The van der Waals surface area contributed by atoms with Crippen LogP contribution in [0.25, 0.3) is 0 Å². The van der Waals surface area contributed by atoms with Crippen LogP contribution in [0.3, 0.4) is 0 Å². The summed E-state index contributed by atoms with van der Waals surface area (Å²) < 4.78 is 5.22. The van der Waals surface area contributed by atoms with E-state index in [0.717, 1.165) is 0 Å². The molecule has 3 N–H and O–H groups in total. The Morgan fingerprint density at radius 2 is 2.22 bits per heavy atom. The van der Waals surface area contributed by atoms with Crippen molar-refractivity contribution in [2.24, 2.45) is 5.92 Å². The Morgan fingerprint density at radius 3 is 2.83 bits per heavy atom. The van der Waals surface area contributed by atoms with Crippen molar-refractivity contribution in [1.82, 2.24) is 4.98 Å². The minimum atomic E-state index is -0.932. The lowest BCUT2D eigenvalue weighted by Crippen LogP contribution is -2.21. The lowest BCUT2D eigenvalue weighted by Gasteiger charge is -2.11. The highest BCUT2D eigenvalue weighted by Gasteiger charge is 2.08. The maximum absolute atomic E-state index is 11.5. The zero-order chi connectivity index (χ0) is 13.5. The minimum absolute atomic E-state index is 0.0280. The van der Waals surface area contributed by atoms with Crippen LogP contribution in [0.1, 0.15) is 13.8 Å². The zero-order valence-corrected chi connectivity index (χ0v) is 10.5. The van der Waals surface area contributed by atoms with Crippen molar-refractivity contribution in [3.8, 4) is 5.75 Å². The second-order valence-corrected chi connectivity index (χ2v) is 4.20. The molecule has 1 atom stereocenters. The maximum atomic E-state index is 11.5. The molecular weight excluding hydrogens is 236 g/mol. The molecule has 1 rings (SSSR count). The van der Waals surface area contributed by atoms with Gasteiger partial charge in [-0.25, -0.2) is 0 Å². The van der Waals surface area contributed by atoms with Gasteiger partial charge in [-0.2, -0.15) is 0 Å². The van der Waals surface area contributed by atoms with E-state index in [1.165, 1.54) is 12.4 Å². The van der Waals surface area contributed by atoms with Crippen LogP contribution in [0.5, 0.6) is 5.75 Å². The van der Waals surface area contributed by atoms with Gasteiger partial charge in [-0.1, -0.05) is 13.8 Å². The number of carbonyl (C=O) groups is 1. The fourth-order valence-corrected chi connectivity index (χ4v) is 1.10. The average molecular weight is 254 g/mol. The molecule has 100 valence electrons. The molecule has 0 aliphatic heterocycles. The SMILES string of the molecule is CC(C)C(=O)Nc1cncc(OC[C@@H](O)CO)c1. The second kappa shape index (κ2) is 6.93. The third kappa shape index (κ3) is 4.68. The average Bonchev–Trinajstić information content (AvgIpc) is 2.36. The number of rotatable bonds is 6. The van der Waals surface area contributed by atoms with Gasteiger partial charge in [0.05, 0.1) is 24.7 Å². The lowest BCUT2D eigenvalue weighted by molar-refractivity contribution is -0.118. The first-order valence-corrected chi connectivity index (χ1v) is 5.70.